The van der Waals surface area contributed by atoms with E-state index in [-0.39, 0.29) is 23.5 Å². The Kier molecular flexibility index (Phi) is 3.44. The van der Waals surface area contributed by atoms with Crippen LogP contribution in [-0.2, 0) is 5.41 Å². The molecule has 1 unspecified atom stereocenters. The number of nitrogens with two attached hydrogens (primary N) is 1. The van der Waals surface area contributed by atoms with Crippen LogP contribution in [0.2, 0.25) is 0 Å². The maximum Gasteiger partial charge on any atom is 0.324 e. The molecule has 1 saturated carbocycles. The molecule has 114 valence electrons. The molecule has 2 aliphatic rings. The largest absolute Gasteiger partial charge is 0.327 e. The molecule has 1 saturated heterocycles. The molecule has 4 nitrogen and oxygen atoms in total. The summed E-state index contributed by atoms with van der Waals surface area (Å²) in [6.07, 6.45) is 2.31. The Morgan fingerprint density at radius 2 is 1.90 bits per heavy atom. The second kappa shape index (κ2) is 5.02. The van der Waals surface area contributed by atoms with Crippen molar-refractivity contribution in [2.45, 2.75) is 51.1 Å². The van der Waals surface area contributed by atoms with E-state index in [1.165, 1.54) is 5.56 Å². The Morgan fingerprint density at radius 3 is 2.43 bits per heavy atom. The third kappa shape index (κ3) is 2.31. The van der Waals surface area contributed by atoms with Crippen molar-refractivity contribution in [3.8, 4) is 0 Å². The first-order valence-corrected chi connectivity index (χ1v) is 7.90. The maximum atomic E-state index is 12.5. The molecule has 21 heavy (non-hydrogen) atoms. The van der Waals surface area contributed by atoms with Crippen molar-refractivity contribution in [3.63, 3.8) is 0 Å². The van der Waals surface area contributed by atoms with Gasteiger partial charge in [-0.25, -0.2) is 4.79 Å². The van der Waals surface area contributed by atoms with Crippen LogP contribution in [0.4, 0.5) is 10.5 Å². The zero-order chi connectivity index (χ0) is 15.2. The summed E-state index contributed by atoms with van der Waals surface area (Å²) in [4.78, 5) is 16.3. The quantitative estimate of drug-likeness (QED) is 0.925. The van der Waals surface area contributed by atoms with E-state index in [1.807, 2.05) is 15.9 Å². The number of carbonyl (C=O) groups excluding carboxylic acids is 1. The number of carbonyl (C=O) groups is 1. The number of rotatable bonds is 4. The van der Waals surface area contributed by atoms with Crippen molar-refractivity contribution in [1.82, 2.24) is 4.90 Å². The normalized spacial score (nSPS) is 22.0. The van der Waals surface area contributed by atoms with Gasteiger partial charge in [-0.1, -0.05) is 12.1 Å². The molecule has 1 aliphatic carbocycles. The van der Waals surface area contributed by atoms with Crippen LogP contribution < -0.4 is 10.6 Å². The molecule has 4 heteroatoms. The molecule has 0 radical (unpaired) electrons. The van der Waals surface area contributed by atoms with Crippen LogP contribution in [0.15, 0.2) is 24.3 Å². The molecule has 0 aromatic heterocycles. The molecule has 1 aromatic rings. The second-order valence-corrected chi connectivity index (χ2v) is 6.72. The van der Waals surface area contributed by atoms with Crippen LogP contribution in [-0.4, -0.2) is 36.1 Å². The van der Waals surface area contributed by atoms with Crippen molar-refractivity contribution in [1.29, 1.82) is 0 Å². The van der Waals surface area contributed by atoms with E-state index in [4.69, 9.17) is 5.73 Å². The summed E-state index contributed by atoms with van der Waals surface area (Å²) in [6.45, 7) is 7.78. The van der Waals surface area contributed by atoms with E-state index >= 15 is 0 Å². The van der Waals surface area contributed by atoms with Crippen LogP contribution in [0.5, 0.6) is 0 Å². The lowest BCUT2D eigenvalue weighted by Crippen LogP contribution is -2.36. The molecular weight excluding hydrogens is 262 g/mol. The Hall–Kier alpha value is -1.55. The number of nitrogens with zero attached hydrogens (tertiary/aromatic N) is 2. The molecule has 2 amide bonds. The average Bonchev–Trinajstić information content (AvgIpc) is 3.17. The number of amides is 2. The molecule has 2 fully saturated rings. The fourth-order valence-corrected chi connectivity index (χ4v) is 3.40. The summed E-state index contributed by atoms with van der Waals surface area (Å²) in [5, 5.41) is 0. The molecule has 0 bridgehead atoms. The third-order valence-corrected chi connectivity index (χ3v) is 5.06. The van der Waals surface area contributed by atoms with E-state index in [0.717, 1.165) is 31.6 Å². The van der Waals surface area contributed by atoms with E-state index < -0.39 is 0 Å². The van der Waals surface area contributed by atoms with Gasteiger partial charge in [0, 0.05) is 36.3 Å². The smallest absolute Gasteiger partial charge is 0.324 e. The number of benzene rings is 1. The summed E-state index contributed by atoms with van der Waals surface area (Å²) in [5.41, 5.74) is 8.59. The minimum atomic E-state index is 0.118. The van der Waals surface area contributed by atoms with Crippen LogP contribution in [0.3, 0.4) is 0 Å². The zero-order valence-corrected chi connectivity index (χ0v) is 13.2. The van der Waals surface area contributed by atoms with E-state index in [0.29, 0.717) is 0 Å². The zero-order valence-electron chi connectivity index (χ0n) is 13.2. The van der Waals surface area contributed by atoms with Gasteiger partial charge in [-0.2, -0.15) is 0 Å². The van der Waals surface area contributed by atoms with Gasteiger partial charge >= 0.3 is 6.03 Å². The predicted octanol–water partition coefficient (Wildman–Crippen LogP) is 2.72. The predicted molar refractivity (Wildman–Crippen MR) is 85.6 cm³/mol. The van der Waals surface area contributed by atoms with Crippen LogP contribution >= 0.6 is 0 Å². The first-order valence-electron chi connectivity index (χ1n) is 7.90. The summed E-state index contributed by atoms with van der Waals surface area (Å²) >= 11 is 0. The van der Waals surface area contributed by atoms with Crippen molar-refractivity contribution < 1.29 is 4.79 Å². The minimum absolute atomic E-state index is 0.118. The highest BCUT2D eigenvalue weighted by atomic mass is 16.2. The third-order valence-electron chi connectivity index (χ3n) is 5.06. The van der Waals surface area contributed by atoms with Crippen LogP contribution in [0.25, 0.3) is 0 Å². The molecule has 3 rings (SSSR count). The van der Waals surface area contributed by atoms with Crippen molar-refractivity contribution in [2.24, 2.45) is 5.73 Å². The van der Waals surface area contributed by atoms with E-state index in [1.54, 1.807) is 0 Å². The van der Waals surface area contributed by atoms with Crippen molar-refractivity contribution in [3.05, 3.63) is 29.8 Å². The molecule has 1 aliphatic heterocycles. The van der Waals surface area contributed by atoms with Gasteiger partial charge in [0.2, 0.25) is 0 Å². The molecule has 1 heterocycles. The van der Waals surface area contributed by atoms with Gasteiger partial charge < -0.3 is 10.6 Å². The Morgan fingerprint density at radius 1 is 1.19 bits per heavy atom. The first kappa shape index (κ1) is 14.4. The lowest BCUT2D eigenvalue weighted by molar-refractivity contribution is 0.209. The van der Waals surface area contributed by atoms with Gasteiger partial charge in [0.25, 0.3) is 0 Å². The second-order valence-electron chi connectivity index (χ2n) is 6.72. The van der Waals surface area contributed by atoms with Gasteiger partial charge in [-0.3, -0.25) is 4.90 Å². The van der Waals surface area contributed by atoms with Crippen molar-refractivity contribution in [2.75, 3.05) is 18.0 Å². The van der Waals surface area contributed by atoms with Crippen LogP contribution in [0, 0.1) is 0 Å². The van der Waals surface area contributed by atoms with E-state index in [2.05, 4.69) is 39.0 Å². The van der Waals surface area contributed by atoms with Crippen molar-refractivity contribution >= 4 is 11.7 Å². The number of hydrogen-bond donors (Lipinski definition) is 1. The number of hydrogen-bond acceptors (Lipinski definition) is 2. The summed E-state index contributed by atoms with van der Waals surface area (Å²) in [6, 6.07) is 8.94. The SMILES string of the molecule is CC(C)N1CCN(c2cccc(C3(C(C)N)CC3)c2)C1=O. The van der Waals surface area contributed by atoms with Gasteiger partial charge in [0.05, 0.1) is 0 Å². The van der Waals surface area contributed by atoms with E-state index in [9.17, 15) is 4.79 Å². The van der Waals surface area contributed by atoms with Gasteiger partial charge in [-0.15, -0.1) is 0 Å². The minimum Gasteiger partial charge on any atom is -0.327 e. The lowest BCUT2D eigenvalue weighted by atomic mass is 9.89. The number of urea groups is 1. The Balaban J connectivity index is 1.86. The summed E-state index contributed by atoms with van der Waals surface area (Å²) in [5.74, 6) is 0. The fraction of sp³-hybridized carbons (Fsp3) is 0.588. The number of anilines is 1. The molecule has 0 spiro atoms. The lowest BCUT2D eigenvalue weighted by Gasteiger charge is -2.24. The highest BCUT2D eigenvalue weighted by molar-refractivity contribution is 5.94. The Bertz CT molecular complexity index is 549. The standard InChI is InChI=1S/C17H25N3O/c1-12(2)19-9-10-20(16(19)21)15-6-4-5-14(11-15)17(7-8-17)13(3)18/h4-6,11-13H,7-10,18H2,1-3H3. The van der Waals surface area contributed by atoms with Crippen LogP contribution in [0.1, 0.15) is 39.2 Å². The van der Waals surface area contributed by atoms with Gasteiger partial charge in [0.1, 0.15) is 0 Å². The molecule has 2 N–H and O–H groups in total. The highest BCUT2D eigenvalue weighted by Gasteiger charge is 2.47. The highest BCUT2D eigenvalue weighted by Crippen LogP contribution is 2.50. The molecule has 1 atom stereocenters. The van der Waals surface area contributed by atoms with Gasteiger partial charge in [-0.05, 0) is 51.3 Å². The van der Waals surface area contributed by atoms with Gasteiger partial charge in [0.15, 0.2) is 0 Å². The Labute approximate surface area is 126 Å². The molecular formula is C17H25N3O. The fourth-order valence-electron chi connectivity index (χ4n) is 3.40. The summed E-state index contributed by atoms with van der Waals surface area (Å²) < 4.78 is 0. The monoisotopic (exact) mass is 287 g/mol. The topological polar surface area (TPSA) is 49.6 Å². The average molecular weight is 287 g/mol. The molecule has 1 aromatic carbocycles. The summed E-state index contributed by atoms with van der Waals surface area (Å²) in [7, 11) is 0. The maximum absolute atomic E-state index is 12.5. The first-order chi connectivity index (χ1) is 9.95.